The van der Waals surface area contributed by atoms with Crippen molar-refractivity contribution >= 4 is 29.1 Å². The Labute approximate surface area is 129 Å². The van der Waals surface area contributed by atoms with Crippen molar-refractivity contribution in [3.63, 3.8) is 0 Å². The number of hydrogen-bond donors (Lipinski definition) is 1. The maximum Gasteiger partial charge on any atom is 0.256 e. The molecule has 3 rings (SSSR count). The smallest absolute Gasteiger partial charge is 0.256 e. The van der Waals surface area contributed by atoms with Crippen molar-refractivity contribution in [3.05, 3.63) is 59.2 Å². The van der Waals surface area contributed by atoms with E-state index in [9.17, 15) is 18.4 Å². The van der Waals surface area contributed by atoms with Crippen LogP contribution in [0.15, 0.2) is 41.3 Å². The zero-order chi connectivity index (χ0) is 15.7. The van der Waals surface area contributed by atoms with Crippen molar-refractivity contribution in [1.29, 1.82) is 0 Å². The van der Waals surface area contributed by atoms with E-state index in [1.807, 2.05) is 0 Å². The highest BCUT2D eigenvalue weighted by Gasteiger charge is 2.23. The van der Waals surface area contributed by atoms with Crippen LogP contribution >= 0.6 is 11.8 Å². The van der Waals surface area contributed by atoms with E-state index in [4.69, 9.17) is 0 Å². The lowest BCUT2D eigenvalue weighted by Crippen LogP contribution is -2.18. The van der Waals surface area contributed by atoms with Crippen molar-refractivity contribution in [3.8, 4) is 0 Å². The number of Topliss-reactive ketones (excluding diaryl/α,β-unsaturated/α-hetero) is 1. The predicted octanol–water partition coefficient (Wildman–Crippen LogP) is 3.90. The number of benzene rings is 2. The van der Waals surface area contributed by atoms with Crippen molar-refractivity contribution in [2.75, 3.05) is 11.1 Å². The molecule has 1 aliphatic heterocycles. The van der Waals surface area contributed by atoms with Gasteiger partial charge in [-0.15, -0.1) is 11.8 Å². The minimum Gasteiger partial charge on any atom is -0.319 e. The zero-order valence-corrected chi connectivity index (χ0v) is 12.2. The standard InChI is InChI=1S/C16H11F2NO2S/c17-9-4-5-12(18)13(8-9)19-16(21)11-3-1-2-10-14(20)6-7-22-15(10)11/h1-5,8H,6-7H2,(H,19,21). The summed E-state index contributed by atoms with van der Waals surface area (Å²) in [6.45, 7) is 0. The van der Waals surface area contributed by atoms with Crippen LogP contribution in [0.2, 0.25) is 0 Å². The molecule has 0 saturated heterocycles. The van der Waals surface area contributed by atoms with Crippen molar-refractivity contribution in [2.24, 2.45) is 0 Å². The molecular formula is C16H11F2NO2S. The molecule has 0 saturated carbocycles. The minimum absolute atomic E-state index is 0.0136. The molecule has 0 fully saturated rings. The molecule has 0 aliphatic carbocycles. The number of halogens is 2. The van der Waals surface area contributed by atoms with E-state index in [2.05, 4.69) is 5.32 Å². The summed E-state index contributed by atoms with van der Waals surface area (Å²) in [5.74, 6) is -1.34. The maximum absolute atomic E-state index is 13.6. The van der Waals surface area contributed by atoms with Gasteiger partial charge in [0.05, 0.1) is 11.3 Å². The molecule has 6 heteroatoms. The van der Waals surface area contributed by atoms with Gasteiger partial charge < -0.3 is 5.32 Å². The lowest BCUT2D eigenvalue weighted by atomic mass is 10.0. The van der Waals surface area contributed by atoms with Gasteiger partial charge in [0, 0.05) is 28.7 Å². The normalized spacial score (nSPS) is 13.6. The highest BCUT2D eigenvalue weighted by atomic mass is 32.2. The summed E-state index contributed by atoms with van der Waals surface area (Å²) in [4.78, 5) is 24.8. The van der Waals surface area contributed by atoms with Crippen LogP contribution in [0.25, 0.3) is 0 Å². The number of anilines is 1. The van der Waals surface area contributed by atoms with Gasteiger partial charge in [-0.25, -0.2) is 8.78 Å². The Morgan fingerprint density at radius 3 is 2.82 bits per heavy atom. The first-order valence-corrected chi connectivity index (χ1v) is 7.60. The van der Waals surface area contributed by atoms with Crippen molar-refractivity contribution in [1.82, 2.24) is 0 Å². The Hall–Kier alpha value is -2.21. The summed E-state index contributed by atoms with van der Waals surface area (Å²) in [5.41, 5.74) is 0.567. The monoisotopic (exact) mass is 319 g/mol. The summed E-state index contributed by atoms with van der Waals surface area (Å²) in [6.07, 6.45) is 0.432. The average molecular weight is 319 g/mol. The maximum atomic E-state index is 13.6. The number of hydrogen-bond acceptors (Lipinski definition) is 3. The van der Waals surface area contributed by atoms with Gasteiger partial charge in [-0.3, -0.25) is 9.59 Å². The average Bonchev–Trinajstić information content (AvgIpc) is 2.51. The summed E-state index contributed by atoms with van der Waals surface area (Å²) < 4.78 is 26.8. The number of thioether (sulfide) groups is 1. The molecule has 1 N–H and O–H groups in total. The van der Waals surface area contributed by atoms with Crippen LogP contribution in [0.3, 0.4) is 0 Å². The molecule has 3 nitrogen and oxygen atoms in total. The van der Waals surface area contributed by atoms with E-state index in [1.165, 1.54) is 11.8 Å². The topological polar surface area (TPSA) is 46.2 Å². The van der Waals surface area contributed by atoms with Crippen LogP contribution in [-0.4, -0.2) is 17.4 Å². The number of fused-ring (bicyclic) bond motifs is 1. The highest BCUT2D eigenvalue weighted by molar-refractivity contribution is 7.99. The first kappa shape index (κ1) is 14.7. The molecule has 0 bridgehead atoms. The molecule has 1 amide bonds. The molecule has 112 valence electrons. The van der Waals surface area contributed by atoms with Crippen molar-refractivity contribution in [2.45, 2.75) is 11.3 Å². The predicted molar refractivity (Wildman–Crippen MR) is 80.4 cm³/mol. The Morgan fingerprint density at radius 2 is 2.00 bits per heavy atom. The fourth-order valence-electron chi connectivity index (χ4n) is 2.25. The highest BCUT2D eigenvalue weighted by Crippen LogP contribution is 2.33. The molecule has 22 heavy (non-hydrogen) atoms. The number of rotatable bonds is 2. The molecule has 0 unspecified atom stereocenters. The van der Waals surface area contributed by atoms with Crippen LogP contribution < -0.4 is 5.32 Å². The van der Waals surface area contributed by atoms with E-state index < -0.39 is 17.5 Å². The Kier molecular flexibility index (Phi) is 3.94. The number of carbonyl (C=O) groups is 2. The van der Waals surface area contributed by atoms with E-state index >= 15 is 0 Å². The van der Waals surface area contributed by atoms with Crippen molar-refractivity contribution < 1.29 is 18.4 Å². The third kappa shape index (κ3) is 2.74. The van der Waals surface area contributed by atoms with Crippen LogP contribution in [-0.2, 0) is 0 Å². The second kappa shape index (κ2) is 5.88. The zero-order valence-electron chi connectivity index (χ0n) is 11.4. The van der Waals surface area contributed by atoms with Gasteiger partial charge in [-0.2, -0.15) is 0 Å². The summed E-state index contributed by atoms with van der Waals surface area (Å²) >= 11 is 1.42. The largest absolute Gasteiger partial charge is 0.319 e. The lowest BCUT2D eigenvalue weighted by molar-refractivity contribution is 0.0984. The van der Waals surface area contributed by atoms with Crippen LogP contribution in [0.1, 0.15) is 27.1 Å². The Balaban J connectivity index is 1.95. The number of nitrogens with one attached hydrogen (secondary N) is 1. The number of ketones is 1. The lowest BCUT2D eigenvalue weighted by Gasteiger charge is -2.17. The van der Waals surface area contributed by atoms with Gasteiger partial charge in [-0.1, -0.05) is 12.1 Å². The second-order valence-electron chi connectivity index (χ2n) is 4.78. The quantitative estimate of drug-likeness (QED) is 0.913. The summed E-state index contributed by atoms with van der Waals surface area (Å²) in [6, 6.07) is 7.69. The van der Waals surface area contributed by atoms with E-state index in [0.29, 0.717) is 28.2 Å². The molecule has 0 radical (unpaired) electrons. The van der Waals surface area contributed by atoms with E-state index in [-0.39, 0.29) is 11.5 Å². The first-order chi connectivity index (χ1) is 10.6. The van der Waals surface area contributed by atoms with Crippen LogP contribution in [0.5, 0.6) is 0 Å². The molecule has 2 aromatic rings. The second-order valence-corrected chi connectivity index (χ2v) is 5.89. The third-order valence-electron chi connectivity index (χ3n) is 3.31. The fourth-order valence-corrected chi connectivity index (χ4v) is 3.40. The molecule has 1 aliphatic rings. The number of carbonyl (C=O) groups excluding carboxylic acids is 2. The molecule has 0 aromatic heterocycles. The summed E-state index contributed by atoms with van der Waals surface area (Å²) in [7, 11) is 0. The molecule has 2 aromatic carbocycles. The SMILES string of the molecule is O=C1CCSc2c1cccc2C(=O)Nc1cc(F)ccc1F. The third-order valence-corrected chi connectivity index (χ3v) is 4.45. The van der Waals surface area contributed by atoms with Gasteiger partial charge in [0.1, 0.15) is 11.6 Å². The molecule has 0 atom stereocenters. The summed E-state index contributed by atoms with van der Waals surface area (Å²) in [5, 5.41) is 2.35. The van der Waals surface area contributed by atoms with E-state index in [0.717, 1.165) is 18.2 Å². The molecule has 0 spiro atoms. The van der Waals surface area contributed by atoms with E-state index in [1.54, 1.807) is 18.2 Å². The fraction of sp³-hybridized carbons (Fsp3) is 0.125. The van der Waals surface area contributed by atoms with Crippen LogP contribution in [0.4, 0.5) is 14.5 Å². The Bertz CT molecular complexity index is 777. The van der Waals surface area contributed by atoms with Gasteiger partial charge in [0.25, 0.3) is 5.91 Å². The number of amides is 1. The molecular weight excluding hydrogens is 308 g/mol. The van der Waals surface area contributed by atoms with Crippen LogP contribution in [0, 0.1) is 11.6 Å². The van der Waals surface area contributed by atoms with Gasteiger partial charge >= 0.3 is 0 Å². The Morgan fingerprint density at radius 1 is 1.18 bits per heavy atom. The molecule has 1 heterocycles. The minimum atomic E-state index is -0.719. The van der Waals surface area contributed by atoms with Gasteiger partial charge in [0.2, 0.25) is 0 Å². The van der Waals surface area contributed by atoms with Gasteiger partial charge in [0.15, 0.2) is 5.78 Å². The van der Waals surface area contributed by atoms with Gasteiger partial charge in [-0.05, 0) is 18.2 Å². The first-order valence-electron chi connectivity index (χ1n) is 6.61.